The maximum atomic E-state index is 11.4. The van der Waals surface area contributed by atoms with Crippen molar-refractivity contribution in [2.45, 2.75) is 39.2 Å². The van der Waals surface area contributed by atoms with Crippen molar-refractivity contribution in [3.8, 4) is 12.0 Å². The van der Waals surface area contributed by atoms with Crippen molar-refractivity contribution in [3.05, 3.63) is 0 Å². The van der Waals surface area contributed by atoms with Crippen LogP contribution in [-0.2, 0) is 4.79 Å². The lowest BCUT2D eigenvalue weighted by Gasteiger charge is -2.24. The van der Waals surface area contributed by atoms with Crippen LogP contribution in [0.4, 0.5) is 9.59 Å². The Hall–Kier alpha value is -1.58. The van der Waals surface area contributed by atoms with E-state index in [-0.39, 0.29) is 0 Å². The molecule has 0 radical (unpaired) electrons. The van der Waals surface area contributed by atoms with E-state index < -0.39 is 37.0 Å². The van der Waals surface area contributed by atoms with Gasteiger partial charge in [-0.2, -0.15) is 0 Å². The van der Waals surface area contributed by atoms with E-state index in [4.69, 9.17) is 15.3 Å². The molecule has 0 saturated carbocycles. The number of unbranched alkanes of at least 4 members (excludes halogenated alkanes) is 1. The number of aliphatic hydroxyl groups excluding tert-OH is 2. The molecule has 1 rings (SSSR count). The highest BCUT2D eigenvalue weighted by atomic mass is 127. The standard InChI is InChI=1S/C8H12INO2.C7H12N2O4/c1-2-3-6-10(8(11)12)7-4-5-9;1-7(2)5(12)8(3-10)6(13)9(7)4-11/h2-3,5-6H2,1H3,(H,11,12);10-11H,3-4H2,1-2H3. The number of amides is 4. The van der Waals surface area contributed by atoms with Gasteiger partial charge in [-0.15, -0.1) is 0 Å². The van der Waals surface area contributed by atoms with Gasteiger partial charge in [0.05, 0.1) is 4.43 Å². The fourth-order valence-electron chi connectivity index (χ4n) is 1.92. The van der Waals surface area contributed by atoms with E-state index in [1.807, 2.05) is 6.92 Å². The highest BCUT2D eigenvalue weighted by Gasteiger charge is 2.50. The minimum atomic E-state index is -1.07. The molecule has 142 valence electrons. The van der Waals surface area contributed by atoms with Gasteiger partial charge in [-0.25, -0.2) is 19.4 Å². The molecule has 1 aliphatic rings. The lowest BCUT2D eigenvalue weighted by molar-refractivity contribution is -0.134. The van der Waals surface area contributed by atoms with E-state index in [0.717, 1.165) is 22.6 Å². The molecule has 3 N–H and O–H groups in total. The summed E-state index contributed by atoms with van der Waals surface area (Å²) in [5.74, 6) is 2.21. The zero-order valence-electron chi connectivity index (χ0n) is 14.5. The lowest BCUT2D eigenvalue weighted by Crippen LogP contribution is -2.44. The summed E-state index contributed by atoms with van der Waals surface area (Å²) in [5.41, 5.74) is -1.07. The lowest BCUT2D eigenvalue weighted by atomic mass is 10.1. The van der Waals surface area contributed by atoms with Crippen LogP contribution < -0.4 is 0 Å². The molecule has 0 atom stereocenters. The second-order valence-electron chi connectivity index (χ2n) is 5.50. The van der Waals surface area contributed by atoms with Crippen molar-refractivity contribution in [1.82, 2.24) is 14.7 Å². The van der Waals surface area contributed by atoms with Gasteiger partial charge in [-0.05, 0) is 20.3 Å². The van der Waals surface area contributed by atoms with Gasteiger partial charge in [0.1, 0.15) is 19.0 Å². The number of alkyl halides is 1. The van der Waals surface area contributed by atoms with Crippen LogP contribution in [0.25, 0.3) is 0 Å². The smallest absolute Gasteiger partial charge is 0.419 e. The summed E-state index contributed by atoms with van der Waals surface area (Å²) in [6.07, 6.45) is 0.888. The third-order valence-electron chi connectivity index (χ3n) is 3.43. The minimum Gasteiger partial charge on any atom is -0.464 e. The van der Waals surface area contributed by atoms with Crippen LogP contribution in [0.1, 0.15) is 33.6 Å². The number of imide groups is 1. The monoisotopic (exact) mass is 469 g/mol. The number of carbonyl (C=O) groups excluding carboxylic acids is 2. The Morgan fingerprint density at radius 3 is 2.20 bits per heavy atom. The molecule has 0 unspecified atom stereocenters. The number of nitrogens with zero attached hydrogens (tertiary/aromatic N) is 3. The molecule has 0 aromatic rings. The van der Waals surface area contributed by atoms with Crippen LogP contribution >= 0.6 is 22.6 Å². The first-order valence-corrected chi connectivity index (χ1v) is 9.11. The molecule has 10 heteroatoms. The first-order chi connectivity index (χ1) is 11.7. The van der Waals surface area contributed by atoms with Crippen molar-refractivity contribution >= 4 is 40.6 Å². The minimum absolute atomic E-state index is 0.506. The molecule has 9 nitrogen and oxygen atoms in total. The Balaban J connectivity index is 0.000000463. The Kier molecular flexibility index (Phi) is 10.4. The summed E-state index contributed by atoms with van der Waals surface area (Å²) >= 11 is 2.09. The zero-order chi connectivity index (χ0) is 19.6. The van der Waals surface area contributed by atoms with E-state index in [0.29, 0.717) is 15.9 Å². The molecular formula is C15H24IN3O6. The molecule has 0 aliphatic carbocycles. The van der Waals surface area contributed by atoms with Gasteiger partial charge >= 0.3 is 12.1 Å². The molecule has 0 aromatic carbocycles. The van der Waals surface area contributed by atoms with Crippen LogP contribution in [0.3, 0.4) is 0 Å². The molecule has 0 aromatic heterocycles. The Morgan fingerprint density at radius 1 is 1.28 bits per heavy atom. The number of carbonyl (C=O) groups is 3. The summed E-state index contributed by atoms with van der Waals surface area (Å²) in [7, 11) is 0. The highest BCUT2D eigenvalue weighted by Crippen LogP contribution is 2.25. The average molecular weight is 469 g/mol. The molecular weight excluding hydrogens is 445 g/mol. The van der Waals surface area contributed by atoms with Gasteiger partial charge in [0, 0.05) is 12.6 Å². The summed E-state index contributed by atoms with van der Waals surface area (Å²) in [4.78, 5) is 36.1. The van der Waals surface area contributed by atoms with Crippen molar-refractivity contribution in [2.24, 2.45) is 0 Å². The van der Waals surface area contributed by atoms with Gasteiger partial charge in [-0.1, -0.05) is 41.9 Å². The van der Waals surface area contributed by atoms with E-state index >= 15 is 0 Å². The first kappa shape index (κ1) is 23.4. The fraction of sp³-hybridized carbons (Fsp3) is 0.667. The third kappa shape index (κ3) is 6.33. The number of rotatable bonds is 5. The van der Waals surface area contributed by atoms with E-state index in [1.54, 1.807) is 0 Å². The van der Waals surface area contributed by atoms with Crippen LogP contribution in [-0.4, -0.2) is 78.0 Å². The maximum absolute atomic E-state index is 11.4. The topological polar surface area (TPSA) is 122 Å². The second-order valence-corrected chi connectivity index (χ2v) is 6.26. The van der Waals surface area contributed by atoms with Crippen LogP contribution in [0, 0.1) is 12.0 Å². The molecule has 1 fully saturated rings. The quantitative estimate of drug-likeness (QED) is 0.182. The summed E-state index contributed by atoms with van der Waals surface area (Å²) < 4.78 is 0.660. The third-order valence-corrected chi connectivity index (χ3v) is 3.82. The van der Waals surface area contributed by atoms with E-state index in [9.17, 15) is 14.4 Å². The maximum Gasteiger partial charge on any atom is 0.419 e. The van der Waals surface area contributed by atoms with Gasteiger partial charge in [0.2, 0.25) is 0 Å². The molecule has 4 amide bonds. The average Bonchev–Trinajstić information content (AvgIpc) is 2.72. The van der Waals surface area contributed by atoms with Crippen LogP contribution in [0.5, 0.6) is 0 Å². The van der Waals surface area contributed by atoms with Crippen molar-refractivity contribution in [2.75, 3.05) is 24.4 Å². The van der Waals surface area contributed by atoms with Gasteiger partial charge < -0.3 is 15.3 Å². The van der Waals surface area contributed by atoms with Crippen molar-refractivity contribution in [3.63, 3.8) is 0 Å². The van der Waals surface area contributed by atoms with E-state index in [2.05, 4.69) is 34.6 Å². The number of urea groups is 1. The summed E-state index contributed by atoms with van der Waals surface area (Å²) in [6, 6.07) is 1.91. The van der Waals surface area contributed by atoms with Crippen LogP contribution in [0.2, 0.25) is 0 Å². The second kappa shape index (κ2) is 11.1. The first-order valence-electron chi connectivity index (χ1n) is 7.59. The number of halogens is 1. The fourth-order valence-corrected chi connectivity index (χ4v) is 2.09. The molecule has 25 heavy (non-hydrogen) atoms. The Bertz CT molecular complexity index is 543. The molecule has 1 saturated heterocycles. The number of hydrogen-bond acceptors (Lipinski definition) is 5. The number of hydrogen-bond donors (Lipinski definition) is 3. The summed E-state index contributed by atoms with van der Waals surface area (Å²) in [5, 5.41) is 26.2. The largest absolute Gasteiger partial charge is 0.464 e. The summed E-state index contributed by atoms with van der Waals surface area (Å²) in [6.45, 7) is 4.37. The molecule has 1 aliphatic heterocycles. The van der Waals surface area contributed by atoms with Gasteiger partial charge in [-0.3, -0.25) is 9.69 Å². The predicted octanol–water partition coefficient (Wildman–Crippen LogP) is 1.09. The number of aliphatic hydroxyl groups is 2. The SMILES string of the molecule is CC1(C)C(=O)N(CO)C(=O)N1CO.CCCCN(C#CCI)C(=O)O. The predicted molar refractivity (Wildman–Crippen MR) is 98.6 cm³/mol. The highest BCUT2D eigenvalue weighted by molar-refractivity contribution is 14.1. The molecule has 1 heterocycles. The number of carboxylic acid groups (broad SMARTS) is 1. The molecule has 0 bridgehead atoms. The molecule has 0 spiro atoms. The zero-order valence-corrected chi connectivity index (χ0v) is 16.7. The Labute approximate surface area is 160 Å². The van der Waals surface area contributed by atoms with Crippen LogP contribution in [0.15, 0.2) is 0 Å². The van der Waals surface area contributed by atoms with E-state index in [1.165, 1.54) is 13.8 Å². The normalized spacial score (nSPS) is 15.3. The Morgan fingerprint density at radius 2 is 1.88 bits per heavy atom. The van der Waals surface area contributed by atoms with Gasteiger partial charge in [0.15, 0.2) is 0 Å². The van der Waals surface area contributed by atoms with Crippen molar-refractivity contribution < 1.29 is 29.7 Å². The van der Waals surface area contributed by atoms with Crippen molar-refractivity contribution in [1.29, 1.82) is 0 Å². The van der Waals surface area contributed by atoms with Gasteiger partial charge in [0.25, 0.3) is 5.91 Å².